The summed E-state index contributed by atoms with van der Waals surface area (Å²) in [6.07, 6.45) is 4.44. The van der Waals surface area contributed by atoms with Gasteiger partial charge in [0.2, 0.25) is 5.91 Å². The van der Waals surface area contributed by atoms with Crippen molar-refractivity contribution in [1.29, 1.82) is 0 Å². The van der Waals surface area contributed by atoms with Gasteiger partial charge in [0.25, 0.3) is 0 Å². The summed E-state index contributed by atoms with van der Waals surface area (Å²) in [5, 5.41) is 5.63. The Hall–Kier alpha value is -1.76. The first-order valence-electron chi connectivity index (χ1n) is 6.82. The van der Waals surface area contributed by atoms with Crippen LogP contribution in [0.15, 0.2) is 18.2 Å². The van der Waals surface area contributed by atoms with Crippen LogP contribution in [-0.2, 0) is 4.79 Å². The highest BCUT2D eigenvalue weighted by Gasteiger charge is 2.16. The largest absolute Gasteiger partial charge is 0.432 e. The Morgan fingerprint density at radius 1 is 1.33 bits per heavy atom. The van der Waals surface area contributed by atoms with Crippen molar-refractivity contribution < 1.29 is 22.7 Å². The van der Waals surface area contributed by atoms with Crippen LogP contribution in [0.25, 0.3) is 0 Å². The Balaban J connectivity index is 1.84. The minimum Gasteiger partial charge on any atom is -0.432 e. The highest BCUT2D eigenvalue weighted by Crippen LogP contribution is 2.22. The lowest BCUT2D eigenvalue weighted by atomic mass is 10.2. The third kappa shape index (κ3) is 4.93. The normalized spacial score (nSPS) is 15.4. The van der Waals surface area contributed by atoms with E-state index in [0.29, 0.717) is 6.04 Å². The molecule has 1 aliphatic carbocycles. The van der Waals surface area contributed by atoms with Crippen molar-refractivity contribution >= 4 is 11.6 Å². The number of anilines is 1. The molecule has 0 spiro atoms. The van der Waals surface area contributed by atoms with Crippen LogP contribution in [-0.4, -0.2) is 25.1 Å². The number of benzene rings is 1. The van der Waals surface area contributed by atoms with Gasteiger partial charge in [0.1, 0.15) is 0 Å². The van der Waals surface area contributed by atoms with Gasteiger partial charge in [-0.2, -0.15) is 8.78 Å². The first-order valence-corrected chi connectivity index (χ1v) is 6.82. The van der Waals surface area contributed by atoms with Crippen molar-refractivity contribution in [2.45, 2.75) is 38.3 Å². The number of rotatable bonds is 6. The molecule has 1 aliphatic rings. The number of hydrogen-bond acceptors (Lipinski definition) is 3. The van der Waals surface area contributed by atoms with Crippen molar-refractivity contribution in [1.82, 2.24) is 5.32 Å². The highest BCUT2D eigenvalue weighted by molar-refractivity contribution is 5.92. The van der Waals surface area contributed by atoms with Gasteiger partial charge in [-0.1, -0.05) is 12.8 Å². The summed E-state index contributed by atoms with van der Waals surface area (Å²) in [6.45, 7) is -2.95. The smallest absolute Gasteiger partial charge is 0.387 e. The fourth-order valence-electron chi connectivity index (χ4n) is 2.34. The molecule has 1 saturated carbocycles. The molecule has 7 heteroatoms. The monoisotopic (exact) mass is 302 g/mol. The van der Waals surface area contributed by atoms with Gasteiger partial charge >= 0.3 is 6.61 Å². The number of alkyl halides is 2. The van der Waals surface area contributed by atoms with Crippen LogP contribution in [0, 0.1) is 5.82 Å². The van der Waals surface area contributed by atoms with Gasteiger partial charge in [-0.25, -0.2) is 4.39 Å². The Labute approximate surface area is 120 Å². The van der Waals surface area contributed by atoms with Crippen LogP contribution in [0.5, 0.6) is 5.75 Å². The van der Waals surface area contributed by atoms with E-state index in [1.807, 2.05) is 0 Å². The topological polar surface area (TPSA) is 50.4 Å². The minimum absolute atomic E-state index is 0.140. The summed E-state index contributed by atoms with van der Waals surface area (Å²) >= 11 is 0. The van der Waals surface area contributed by atoms with Gasteiger partial charge < -0.3 is 15.4 Å². The first-order chi connectivity index (χ1) is 10.0. The van der Waals surface area contributed by atoms with Crippen molar-refractivity contribution in [3.8, 4) is 5.75 Å². The Bertz CT molecular complexity index is 491. The second-order valence-corrected chi connectivity index (χ2v) is 4.93. The van der Waals surface area contributed by atoms with Crippen molar-refractivity contribution in [2.24, 2.45) is 0 Å². The van der Waals surface area contributed by atoms with E-state index in [-0.39, 0.29) is 18.1 Å². The molecule has 0 aliphatic heterocycles. The second kappa shape index (κ2) is 7.31. The standard InChI is InChI=1S/C14H17F3N2O2/c15-11-7-10(5-6-12(11)21-14(16)17)19-13(20)8-18-9-3-1-2-4-9/h5-7,9,14,18H,1-4,8H2,(H,19,20). The first kappa shape index (κ1) is 15.6. The molecule has 0 saturated heterocycles. The maximum Gasteiger partial charge on any atom is 0.387 e. The molecule has 0 radical (unpaired) electrons. The molecule has 2 N–H and O–H groups in total. The van der Waals surface area contributed by atoms with Crippen molar-refractivity contribution in [3.05, 3.63) is 24.0 Å². The van der Waals surface area contributed by atoms with Crippen LogP contribution in [0.1, 0.15) is 25.7 Å². The number of hydrogen-bond donors (Lipinski definition) is 2. The van der Waals surface area contributed by atoms with Crippen LogP contribution in [0.4, 0.5) is 18.9 Å². The van der Waals surface area contributed by atoms with E-state index in [1.165, 1.54) is 6.07 Å². The molecule has 1 amide bonds. The Morgan fingerprint density at radius 2 is 2.05 bits per heavy atom. The molecule has 4 nitrogen and oxygen atoms in total. The Morgan fingerprint density at radius 3 is 2.67 bits per heavy atom. The highest BCUT2D eigenvalue weighted by atomic mass is 19.3. The van der Waals surface area contributed by atoms with E-state index in [4.69, 9.17) is 0 Å². The molecule has 1 aromatic carbocycles. The molecule has 0 heterocycles. The molecule has 0 aromatic heterocycles. The SMILES string of the molecule is O=C(CNC1CCCC1)Nc1ccc(OC(F)F)c(F)c1. The number of carbonyl (C=O) groups excluding carboxylic acids is 1. The minimum atomic E-state index is -3.09. The molecule has 0 unspecified atom stereocenters. The number of nitrogens with one attached hydrogen (secondary N) is 2. The molecular weight excluding hydrogens is 285 g/mol. The summed E-state index contributed by atoms with van der Waals surface area (Å²) in [6, 6.07) is 3.68. The van der Waals surface area contributed by atoms with E-state index < -0.39 is 18.2 Å². The summed E-state index contributed by atoms with van der Waals surface area (Å²) < 4.78 is 41.4. The number of ether oxygens (including phenoxy) is 1. The van der Waals surface area contributed by atoms with E-state index in [2.05, 4.69) is 15.4 Å². The van der Waals surface area contributed by atoms with Gasteiger partial charge in [0, 0.05) is 17.8 Å². The molecule has 116 valence electrons. The van der Waals surface area contributed by atoms with Crippen LogP contribution < -0.4 is 15.4 Å². The number of amides is 1. The average Bonchev–Trinajstić information content (AvgIpc) is 2.92. The molecule has 0 bridgehead atoms. The molecule has 1 fully saturated rings. The van der Waals surface area contributed by atoms with Crippen LogP contribution in [0.3, 0.4) is 0 Å². The van der Waals surface area contributed by atoms with Gasteiger partial charge in [-0.3, -0.25) is 4.79 Å². The molecule has 0 atom stereocenters. The number of carbonyl (C=O) groups is 1. The van der Waals surface area contributed by atoms with Gasteiger partial charge in [0.15, 0.2) is 11.6 Å². The molecular formula is C14H17F3N2O2. The van der Waals surface area contributed by atoms with Crippen LogP contribution in [0.2, 0.25) is 0 Å². The fourth-order valence-corrected chi connectivity index (χ4v) is 2.34. The van der Waals surface area contributed by atoms with Gasteiger partial charge in [-0.05, 0) is 25.0 Å². The van der Waals surface area contributed by atoms with E-state index in [1.54, 1.807) is 0 Å². The van der Waals surface area contributed by atoms with E-state index >= 15 is 0 Å². The summed E-state index contributed by atoms with van der Waals surface area (Å²) in [5.41, 5.74) is 0.201. The van der Waals surface area contributed by atoms with E-state index in [0.717, 1.165) is 37.8 Å². The zero-order valence-electron chi connectivity index (χ0n) is 11.4. The molecule has 1 aromatic rings. The average molecular weight is 302 g/mol. The van der Waals surface area contributed by atoms with E-state index in [9.17, 15) is 18.0 Å². The van der Waals surface area contributed by atoms with Crippen molar-refractivity contribution in [2.75, 3.05) is 11.9 Å². The predicted molar refractivity (Wildman–Crippen MR) is 71.9 cm³/mol. The zero-order chi connectivity index (χ0) is 15.2. The Kier molecular flexibility index (Phi) is 5.44. The summed E-state index contributed by atoms with van der Waals surface area (Å²) in [5.74, 6) is -1.80. The third-order valence-corrected chi connectivity index (χ3v) is 3.34. The lowest BCUT2D eigenvalue weighted by Gasteiger charge is -2.12. The quantitative estimate of drug-likeness (QED) is 0.849. The zero-order valence-corrected chi connectivity index (χ0v) is 11.4. The lowest BCUT2D eigenvalue weighted by molar-refractivity contribution is -0.115. The molecule has 21 heavy (non-hydrogen) atoms. The predicted octanol–water partition coefficient (Wildman–Crippen LogP) is 2.90. The number of halogens is 3. The lowest BCUT2D eigenvalue weighted by Crippen LogP contribution is -2.34. The van der Waals surface area contributed by atoms with Crippen LogP contribution >= 0.6 is 0 Å². The second-order valence-electron chi connectivity index (χ2n) is 4.93. The summed E-state index contributed by atoms with van der Waals surface area (Å²) in [7, 11) is 0. The molecule has 2 rings (SSSR count). The van der Waals surface area contributed by atoms with Crippen molar-refractivity contribution in [3.63, 3.8) is 0 Å². The third-order valence-electron chi connectivity index (χ3n) is 3.34. The fraction of sp³-hybridized carbons (Fsp3) is 0.500. The maximum absolute atomic E-state index is 13.5. The maximum atomic E-state index is 13.5. The van der Waals surface area contributed by atoms with Gasteiger partial charge in [0.05, 0.1) is 6.54 Å². The van der Waals surface area contributed by atoms with Gasteiger partial charge in [-0.15, -0.1) is 0 Å². The summed E-state index contributed by atoms with van der Waals surface area (Å²) in [4.78, 5) is 11.7.